The minimum atomic E-state index is 0.448. The van der Waals surface area contributed by atoms with Gasteiger partial charge in [0.1, 0.15) is 12.0 Å². The van der Waals surface area contributed by atoms with Crippen molar-refractivity contribution in [1.29, 1.82) is 0 Å². The number of rotatable bonds is 5. The van der Waals surface area contributed by atoms with Crippen LogP contribution in [0.25, 0.3) is 0 Å². The van der Waals surface area contributed by atoms with E-state index in [1.165, 1.54) is 6.33 Å². The van der Waals surface area contributed by atoms with Crippen LogP contribution in [0.1, 0.15) is 0 Å². The summed E-state index contributed by atoms with van der Waals surface area (Å²) >= 11 is 5.92. The molecular formula is C13H14ClN5. The van der Waals surface area contributed by atoms with Crippen LogP contribution < -0.4 is 16.4 Å². The summed E-state index contributed by atoms with van der Waals surface area (Å²) in [5, 5.41) is 6.78. The van der Waals surface area contributed by atoms with Crippen molar-refractivity contribution in [2.24, 2.45) is 0 Å². The topological polar surface area (TPSA) is 75.9 Å². The van der Waals surface area contributed by atoms with Gasteiger partial charge in [0.2, 0.25) is 0 Å². The van der Waals surface area contributed by atoms with E-state index in [1.807, 2.05) is 12.1 Å². The van der Waals surface area contributed by atoms with E-state index in [4.69, 9.17) is 17.3 Å². The summed E-state index contributed by atoms with van der Waals surface area (Å²) in [5.74, 6) is 1.10. The van der Waals surface area contributed by atoms with E-state index in [1.54, 1.807) is 18.2 Å². The maximum absolute atomic E-state index is 5.99. The second-order valence-corrected chi connectivity index (χ2v) is 4.23. The van der Waals surface area contributed by atoms with Gasteiger partial charge in [-0.1, -0.05) is 23.7 Å². The Morgan fingerprint density at radius 1 is 1.32 bits per heavy atom. The Kier molecular flexibility index (Phi) is 4.20. The molecule has 0 aliphatic rings. The third kappa shape index (κ3) is 3.35. The molecule has 0 unspecified atom stereocenters. The number of benzene rings is 1. The Labute approximate surface area is 116 Å². The fraction of sp³-hybridized carbons (Fsp3) is 0.0769. The van der Waals surface area contributed by atoms with Crippen molar-refractivity contribution in [3.8, 4) is 0 Å². The van der Waals surface area contributed by atoms with E-state index in [0.29, 0.717) is 28.9 Å². The molecule has 98 valence electrons. The summed E-state index contributed by atoms with van der Waals surface area (Å²) < 4.78 is 0. The molecule has 4 N–H and O–H groups in total. The van der Waals surface area contributed by atoms with Gasteiger partial charge in [0.15, 0.2) is 11.6 Å². The lowest BCUT2D eigenvalue weighted by atomic mass is 10.3. The van der Waals surface area contributed by atoms with Crippen LogP contribution in [0.2, 0.25) is 5.02 Å². The number of halogens is 1. The van der Waals surface area contributed by atoms with Crippen LogP contribution in [0.4, 0.5) is 23.0 Å². The van der Waals surface area contributed by atoms with Gasteiger partial charge in [0, 0.05) is 17.3 Å². The molecule has 0 amide bonds. The zero-order chi connectivity index (χ0) is 13.7. The molecule has 0 aliphatic heterocycles. The lowest BCUT2D eigenvalue weighted by molar-refractivity contribution is 1.14. The average molecular weight is 276 g/mol. The number of anilines is 4. The summed E-state index contributed by atoms with van der Waals surface area (Å²) in [6.07, 6.45) is 3.17. The smallest absolute Gasteiger partial charge is 0.159 e. The first-order valence-electron chi connectivity index (χ1n) is 5.68. The summed E-state index contributed by atoms with van der Waals surface area (Å²) in [4.78, 5) is 8.19. The molecule has 0 spiro atoms. The Balaban J connectivity index is 2.23. The van der Waals surface area contributed by atoms with Crippen LogP contribution >= 0.6 is 11.6 Å². The Morgan fingerprint density at radius 2 is 2.11 bits per heavy atom. The predicted octanol–water partition coefficient (Wildman–Crippen LogP) is 3.05. The third-order valence-electron chi connectivity index (χ3n) is 2.39. The van der Waals surface area contributed by atoms with Crippen molar-refractivity contribution < 1.29 is 0 Å². The molecular weight excluding hydrogens is 262 g/mol. The lowest BCUT2D eigenvalue weighted by Gasteiger charge is -2.11. The molecule has 19 heavy (non-hydrogen) atoms. The van der Waals surface area contributed by atoms with Gasteiger partial charge in [0.25, 0.3) is 0 Å². The first-order valence-corrected chi connectivity index (χ1v) is 6.06. The van der Waals surface area contributed by atoms with E-state index in [-0.39, 0.29) is 0 Å². The molecule has 2 rings (SSSR count). The number of hydrogen-bond donors (Lipinski definition) is 3. The molecule has 1 aromatic heterocycles. The van der Waals surface area contributed by atoms with Crippen LogP contribution in [0.5, 0.6) is 0 Å². The van der Waals surface area contributed by atoms with E-state index < -0.39 is 0 Å². The van der Waals surface area contributed by atoms with Crippen molar-refractivity contribution in [2.45, 2.75) is 0 Å². The Bertz CT molecular complexity index is 585. The minimum Gasteiger partial charge on any atom is -0.393 e. The van der Waals surface area contributed by atoms with Gasteiger partial charge in [-0.05, 0) is 18.2 Å². The minimum absolute atomic E-state index is 0.448. The highest BCUT2D eigenvalue weighted by atomic mass is 35.5. The van der Waals surface area contributed by atoms with Gasteiger partial charge in [-0.25, -0.2) is 9.97 Å². The predicted molar refractivity (Wildman–Crippen MR) is 79.9 cm³/mol. The maximum Gasteiger partial charge on any atom is 0.159 e. The largest absolute Gasteiger partial charge is 0.393 e. The standard InChI is InChI=1S/C13H14ClN5/c1-2-6-16-12-11(15)13(18-8-17-12)19-10-5-3-4-9(14)7-10/h2-5,7-8H,1,6,15H2,(H2,16,17,18,19). The van der Waals surface area contributed by atoms with Crippen LogP contribution in [0.15, 0.2) is 43.2 Å². The van der Waals surface area contributed by atoms with Crippen LogP contribution in [0, 0.1) is 0 Å². The molecule has 2 aromatic rings. The van der Waals surface area contributed by atoms with Crippen LogP contribution in [0.3, 0.4) is 0 Å². The van der Waals surface area contributed by atoms with Gasteiger partial charge in [-0.2, -0.15) is 0 Å². The fourth-order valence-electron chi connectivity index (χ4n) is 1.51. The first kappa shape index (κ1) is 13.2. The molecule has 6 heteroatoms. The number of nitrogens with zero attached hydrogens (tertiary/aromatic N) is 2. The number of nitrogens with two attached hydrogens (primary N) is 1. The maximum atomic E-state index is 5.99. The van der Waals surface area contributed by atoms with E-state index in [0.717, 1.165) is 5.69 Å². The summed E-state index contributed by atoms with van der Waals surface area (Å²) in [5.41, 5.74) is 7.25. The highest BCUT2D eigenvalue weighted by molar-refractivity contribution is 6.30. The summed E-state index contributed by atoms with van der Waals surface area (Å²) in [7, 11) is 0. The molecule has 0 bridgehead atoms. The lowest BCUT2D eigenvalue weighted by Crippen LogP contribution is -2.07. The van der Waals surface area contributed by atoms with Gasteiger partial charge in [-0.3, -0.25) is 0 Å². The monoisotopic (exact) mass is 275 g/mol. The second kappa shape index (κ2) is 6.06. The molecule has 0 saturated heterocycles. The van der Waals surface area contributed by atoms with Gasteiger partial charge in [-0.15, -0.1) is 6.58 Å². The van der Waals surface area contributed by atoms with Crippen molar-refractivity contribution in [3.05, 3.63) is 48.3 Å². The summed E-state index contributed by atoms with van der Waals surface area (Å²) in [6.45, 7) is 4.21. The zero-order valence-corrected chi connectivity index (χ0v) is 11.0. The molecule has 0 aliphatic carbocycles. The van der Waals surface area contributed by atoms with E-state index >= 15 is 0 Å². The Morgan fingerprint density at radius 3 is 2.84 bits per heavy atom. The number of aromatic nitrogens is 2. The van der Waals surface area contributed by atoms with Crippen molar-refractivity contribution in [3.63, 3.8) is 0 Å². The van der Waals surface area contributed by atoms with E-state index in [9.17, 15) is 0 Å². The molecule has 5 nitrogen and oxygen atoms in total. The molecule has 0 atom stereocenters. The van der Waals surface area contributed by atoms with Gasteiger partial charge >= 0.3 is 0 Å². The quantitative estimate of drug-likeness (QED) is 0.731. The number of nitrogens with one attached hydrogen (secondary N) is 2. The van der Waals surface area contributed by atoms with E-state index in [2.05, 4.69) is 27.2 Å². The highest BCUT2D eigenvalue weighted by Crippen LogP contribution is 2.26. The van der Waals surface area contributed by atoms with Crippen molar-refractivity contribution >= 4 is 34.6 Å². The normalized spacial score (nSPS) is 9.95. The second-order valence-electron chi connectivity index (χ2n) is 3.79. The summed E-state index contributed by atoms with van der Waals surface area (Å²) in [6, 6.07) is 7.32. The molecule has 1 aromatic carbocycles. The number of hydrogen-bond acceptors (Lipinski definition) is 5. The number of nitrogen functional groups attached to an aromatic ring is 1. The van der Waals surface area contributed by atoms with Gasteiger partial charge in [0.05, 0.1) is 0 Å². The SMILES string of the molecule is C=CCNc1ncnc(Nc2cccc(Cl)c2)c1N. The van der Waals surface area contributed by atoms with Crippen LogP contribution in [-0.4, -0.2) is 16.5 Å². The highest BCUT2D eigenvalue weighted by Gasteiger charge is 2.07. The zero-order valence-electron chi connectivity index (χ0n) is 10.2. The molecule has 0 saturated carbocycles. The Hall–Kier alpha value is -2.27. The van der Waals surface area contributed by atoms with Gasteiger partial charge < -0.3 is 16.4 Å². The average Bonchev–Trinajstić information content (AvgIpc) is 2.40. The molecule has 0 radical (unpaired) electrons. The van der Waals surface area contributed by atoms with Crippen LogP contribution in [-0.2, 0) is 0 Å². The first-order chi connectivity index (χ1) is 9.20. The molecule has 1 heterocycles. The van der Waals surface area contributed by atoms with Crippen molar-refractivity contribution in [2.75, 3.05) is 22.9 Å². The third-order valence-corrected chi connectivity index (χ3v) is 2.62. The molecule has 0 fully saturated rings. The fourth-order valence-corrected chi connectivity index (χ4v) is 1.70. The van der Waals surface area contributed by atoms with Crippen molar-refractivity contribution in [1.82, 2.24) is 9.97 Å².